The van der Waals surface area contributed by atoms with E-state index in [0.717, 1.165) is 12.1 Å². The van der Waals surface area contributed by atoms with Gasteiger partial charge in [0.05, 0.1) is 11.3 Å². The van der Waals surface area contributed by atoms with Crippen LogP contribution < -0.4 is 0 Å². The second-order valence-electron chi connectivity index (χ2n) is 3.78. The summed E-state index contributed by atoms with van der Waals surface area (Å²) in [6.45, 7) is 0. The number of benzene rings is 1. The summed E-state index contributed by atoms with van der Waals surface area (Å²) in [7, 11) is 0. The lowest BCUT2D eigenvalue weighted by molar-refractivity contribution is -0.137. The Morgan fingerprint density at radius 2 is 1.83 bits per heavy atom. The highest BCUT2D eigenvalue weighted by Gasteiger charge is 2.31. The third kappa shape index (κ3) is 2.68. The van der Waals surface area contributed by atoms with E-state index in [9.17, 15) is 18.3 Å². The molecule has 94 valence electrons. The second-order valence-corrected chi connectivity index (χ2v) is 3.78. The van der Waals surface area contributed by atoms with Crippen molar-refractivity contribution < 1.29 is 18.3 Å². The average molecular weight is 253 g/mol. The molecule has 0 aliphatic carbocycles. The third-order valence-corrected chi connectivity index (χ3v) is 2.50. The van der Waals surface area contributed by atoms with Crippen LogP contribution in [0.2, 0.25) is 0 Å². The monoisotopic (exact) mass is 253 g/mol. The van der Waals surface area contributed by atoms with E-state index in [2.05, 4.69) is 4.98 Å². The van der Waals surface area contributed by atoms with Crippen molar-refractivity contribution in [3.63, 3.8) is 0 Å². The molecule has 2 rings (SSSR count). The summed E-state index contributed by atoms with van der Waals surface area (Å²) in [6, 6.07) is 9.50. The molecule has 1 unspecified atom stereocenters. The van der Waals surface area contributed by atoms with Crippen LogP contribution in [0.5, 0.6) is 0 Å². The Hall–Kier alpha value is -1.88. The fraction of sp³-hybridized carbons (Fsp3) is 0.154. The smallest absolute Gasteiger partial charge is 0.382 e. The standard InChI is InChI=1S/C13H10F3NO/c14-13(15,16)10-5-3-4-9(8-10)12(18)11-6-1-2-7-17-11/h1-8,12,18H. The van der Waals surface area contributed by atoms with Crippen molar-refractivity contribution in [2.45, 2.75) is 12.3 Å². The lowest BCUT2D eigenvalue weighted by Crippen LogP contribution is -2.08. The van der Waals surface area contributed by atoms with Crippen molar-refractivity contribution in [3.8, 4) is 0 Å². The topological polar surface area (TPSA) is 33.1 Å². The minimum Gasteiger partial charge on any atom is -0.382 e. The molecular weight excluding hydrogens is 243 g/mol. The Balaban J connectivity index is 2.35. The van der Waals surface area contributed by atoms with E-state index < -0.39 is 17.8 Å². The van der Waals surface area contributed by atoms with Gasteiger partial charge in [0.25, 0.3) is 0 Å². The number of halogens is 3. The fourth-order valence-corrected chi connectivity index (χ4v) is 1.59. The van der Waals surface area contributed by atoms with E-state index in [0.29, 0.717) is 5.69 Å². The normalized spacial score (nSPS) is 13.3. The van der Waals surface area contributed by atoms with Gasteiger partial charge in [-0.3, -0.25) is 4.98 Å². The van der Waals surface area contributed by atoms with Gasteiger partial charge in [0.1, 0.15) is 6.10 Å². The number of hydrogen-bond donors (Lipinski definition) is 1. The molecule has 1 atom stereocenters. The van der Waals surface area contributed by atoms with Crippen LogP contribution in [0.15, 0.2) is 48.7 Å². The highest BCUT2D eigenvalue weighted by atomic mass is 19.4. The molecule has 0 spiro atoms. The molecule has 0 saturated heterocycles. The van der Waals surface area contributed by atoms with E-state index in [1.54, 1.807) is 18.2 Å². The molecule has 0 bridgehead atoms. The van der Waals surface area contributed by atoms with Gasteiger partial charge in [-0.25, -0.2) is 0 Å². The maximum atomic E-state index is 12.5. The van der Waals surface area contributed by atoms with Crippen molar-refractivity contribution in [2.75, 3.05) is 0 Å². The summed E-state index contributed by atoms with van der Waals surface area (Å²) < 4.78 is 37.6. The molecule has 2 nitrogen and oxygen atoms in total. The Morgan fingerprint density at radius 3 is 2.44 bits per heavy atom. The van der Waals surface area contributed by atoms with Gasteiger partial charge in [0.15, 0.2) is 0 Å². The van der Waals surface area contributed by atoms with Gasteiger partial charge in [-0.15, -0.1) is 0 Å². The van der Waals surface area contributed by atoms with Gasteiger partial charge in [0.2, 0.25) is 0 Å². The first-order valence-electron chi connectivity index (χ1n) is 5.24. The lowest BCUT2D eigenvalue weighted by Gasteiger charge is -2.13. The van der Waals surface area contributed by atoms with E-state index in [4.69, 9.17) is 0 Å². The fourth-order valence-electron chi connectivity index (χ4n) is 1.59. The van der Waals surface area contributed by atoms with E-state index in [1.165, 1.54) is 18.3 Å². The first-order chi connectivity index (χ1) is 8.48. The molecule has 1 heterocycles. The van der Waals surface area contributed by atoms with Crippen molar-refractivity contribution in [3.05, 3.63) is 65.5 Å². The van der Waals surface area contributed by atoms with Crippen LogP contribution in [0.25, 0.3) is 0 Å². The van der Waals surface area contributed by atoms with Gasteiger partial charge in [-0.05, 0) is 29.8 Å². The van der Waals surface area contributed by atoms with Gasteiger partial charge in [-0.1, -0.05) is 18.2 Å². The summed E-state index contributed by atoms with van der Waals surface area (Å²) in [5.74, 6) is 0. The summed E-state index contributed by atoms with van der Waals surface area (Å²) in [5.41, 5.74) is -0.296. The number of aliphatic hydroxyl groups is 1. The van der Waals surface area contributed by atoms with E-state index in [-0.39, 0.29) is 5.56 Å². The molecule has 0 fully saturated rings. The van der Waals surface area contributed by atoms with Crippen LogP contribution in [0.1, 0.15) is 22.9 Å². The number of nitrogens with zero attached hydrogens (tertiary/aromatic N) is 1. The third-order valence-electron chi connectivity index (χ3n) is 2.50. The van der Waals surface area contributed by atoms with Crippen molar-refractivity contribution in [2.24, 2.45) is 0 Å². The second kappa shape index (κ2) is 4.78. The van der Waals surface area contributed by atoms with Crippen molar-refractivity contribution in [1.29, 1.82) is 0 Å². The highest BCUT2D eigenvalue weighted by molar-refractivity contribution is 5.31. The molecule has 2 aromatic rings. The Bertz CT molecular complexity index is 525. The molecule has 18 heavy (non-hydrogen) atoms. The van der Waals surface area contributed by atoms with Gasteiger partial charge in [0, 0.05) is 6.20 Å². The zero-order valence-electron chi connectivity index (χ0n) is 9.22. The quantitative estimate of drug-likeness (QED) is 0.891. The summed E-state index contributed by atoms with van der Waals surface area (Å²) >= 11 is 0. The molecule has 0 aliphatic heterocycles. The first kappa shape index (κ1) is 12.6. The molecule has 1 N–H and O–H groups in total. The minimum absolute atomic E-state index is 0.170. The van der Waals surface area contributed by atoms with Crippen LogP contribution in [0.3, 0.4) is 0 Å². The summed E-state index contributed by atoms with van der Waals surface area (Å²) in [4.78, 5) is 3.92. The average Bonchev–Trinajstić information content (AvgIpc) is 2.38. The number of hydrogen-bond acceptors (Lipinski definition) is 2. The predicted molar refractivity (Wildman–Crippen MR) is 59.7 cm³/mol. The molecule has 1 aromatic carbocycles. The number of alkyl halides is 3. The maximum absolute atomic E-state index is 12.5. The van der Waals surface area contributed by atoms with Crippen LogP contribution in [0.4, 0.5) is 13.2 Å². The lowest BCUT2D eigenvalue weighted by atomic mass is 10.0. The first-order valence-corrected chi connectivity index (χ1v) is 5.24. The SMILES string of the molecule is OC(c1cccc(C(F)(F)F)c1)c1ccccn1. The molecule has 0 aliphatic rings. The van der Waals surface area contributed by atoms with Crippen LogP contribution in [0, 0.1) is 0 Å². The molecule has 1 aromatic heterocycles. The molecular formula is C13H10F3NO. The summed E-state index contributed by atoms with van der Waals surface area (Å²) in [6.07, 6.45) is -4.10. The Morgan fingerprint density at radius 1 is 1.06 bits per heavy atom. The van der Waals surface area contributed by atoms with E-state index >= 15 is 0 Å². The Labute approximate surface area is 102 Å². The minimum atomic E-state index is -4.42. The number of aliphatic hydroxyl groups excluding tert-OH is 1. The molecule has 0 amide bonds. The molecule has 5 heteroatoms. The number of rotatable bonds is 2. The summed E-state index contributed by atoms with van der Waals surface area (Å²) in [5, 5.41) is 9.95. The molecule has 0 radical (unpaired) electrons. The largest absolute Gasteiger partial charge is 0.416 e. The van der Waals surface area contributed by atoms with Crippen molar-refractivity contribution in [1.82, 2.24) is 4.98 Å². The van der Waals surface area contributed by atoms with Crippen LogP contribution >= 0.6 is 0 Å². The Kier molecular flexibility index (Phi) is 3.34. The van der Waals surface area contributed by atoms with Crippen LogP contribution in [-0.4, -0.2) is 10.1 Å². The highest BCUT2D eigenvalue weighted by Crippen LogP contribution is 2.31. The number of pyridine rings is 1. The molecule has 0 saturated carbocycles. The van der Waals surface area contributed by atoms with Gasteiger partial charge in [-0.2, -0.15) is 13.2 Å². The van der Waals surface area contributed by atoms with Crippen molar-refractivity contribution >= 4 is 0 Å². The number of aromatic nitrogens is 1. The maximum Gasteiger partial charge on any atom is 0.416 e. The zero-order valence-corrected chi connectivity index (χ0v) is 9.22. The van der Waals surface area contributed by atoms with E-state index in [1.807, 2.05) is 0 Å². The predicted octanol–water partition coefficient (Wildman–Crippen LogP) is 3.18. The van der Waals surface area contributed by atoms with Gasteiger partial charge >= 0.3 is 6.18 Å². The van der Waals surface area contributed by atoms with Gasteiger partial charge < -0.3 is 5.11 Å². The van der Waals surface area contributed by atoms with Crippen LogP contribution in [-0.2, 0) is 6.18 Å². The zero-order chi connectivity index (χ0) is 13.2.